The SMILES string of the molecule is Nc1ncn(CC2C[C@@H]3COC[C@@H]3O2)n1. The summed E-state index contributed by atoms with van der Waals surface area (Å²) in [6.45, 7) is 2.30. The molecule has 0 amide bonds. The molecule has 6 nitrogen and oxygen atoms in total. The number of nitrogen functional groups attached to an aromatic ring is 1. The standard InChI is InChI=1S/C9H14N4O2/c10-9-11-5-13(12-9)2-7-1-6-3-14-4-8(6)15-7/h5-8H,1-4H2,(H2,10,12)/t6-,7?,8+/m1/s1. The topological polar surface area (TPSA) is 75.2 Å². The first-order chi connectivity index (χ1) is 7.31. The van der Waals surface area contributed by atoms with Gasteiger partial charge in [0.25, 0.3) is 0 Å². The second-order valence-corrected chi connectivity index (χ2v) is 4.15. The molecule has 1 aromatic heterocycles. The predicted octanol–water partition coefficient (Wildman–Crippen LogP) is -0.336. The zero-order valence-electron chi connectivity index (χ0n) is 8.37. The molecule has 0 aliphatic carbocycles. The van der Waals surface area contributed by atoms with Crippen LogP contribution >= 0.6 is 0 Å². The molecular formula is C9H14N4O2. The monoisotopic (exact) mass is 210 g/mol. The third-order valence-electron chi connectivity index (χ3n) is 3.02. The molecule has 3 rings (SSSR count). The summed E-state index contributed by atoms with van der Waals surface area (Å²) in [5.41, 5.74) is 5.44. The largest absolute Gasteiger partial charge is 0.378 e. The molecule has 6 heteroatoms. The van der Waals surface area contributed by atoms with Crippen molar-refractivity contribution < 1.29 is 9.47 Å². The van der Waals surface area contributed by atoms with E-state index in [1.54, 1.807) is 11.0 Å². The van der Waals surface area contributed by atoms with Crippen molar-refractivity contribution in [1.29, 1.82) is 0 Å². The van der Waals surface area contributed by atoms with E-state index in [1.807, 2.05) is 0 Å². The van der Waals surface area contributed by atoms with Gasteiger partial charge in [-0.2, -0.15) is 0 Å². The molecule has 1 unspecified atom stereocenters. The van der Waals surface area contributed by atoms with Gasteiger partial charge in [-0.15, -0.1) is 5.10 Å². The van der Waals surface area contributed by atoms with E-state index >= 15 is 0 Å². The van der Waals surface area contributed by atoms with Gasteiger partial charge in [0.15, 0.2) is 0 Å². The van der Waals surface area contributed by atoms with Crippen LogP contribution in [0.5, 0.6) is 0 Å². The van der Waals surface area contributed by atoms with Crippen molar-refractivity contribution >= 4 is 5.95 Å². The fourth-order valence-electron chi connectivity index (χ4n) is 2.31. The van der Waals surface area contributed by atoms with Crippen molar-refractivity contribution in [2.75, 3.05) is 18.9 Å². The average molecular weight is 210 g/mol. The van der Waals surface area contributed by atoms with Crippen LogP contribution in [0.3, 0.4) is 0 Å². The van der Waals surface area contributed by atoms with Gasteiger partial charge < -0.3 is 15.2 Å². The highest BCUT2D eigenvalue weighted by molar-refractivity contribution is 5.09. The van der Waals surface area contributed by atoms with Crippen LogP contribution in [0.15, 0.2) is 6.33 Å². The second kappa shape index (κ2) is 3.46. The number of hydrogen-bond donors (Lipinski definition) is 1. The Morgan fingerprint density at radius 1 is 1.53 bits per heavy atom. The molecule has 15 heavy (non-hydrogen) atoms. The number of nitrogens with two attached hydrogens (primary N) is 1. The normalized spacial score (nSPS) is 34.5. The van der Waals surface area contributed by atoms with E-state index in [0.29, 0.717) is 11.9 Å². The minimum absolute atomic E-state index is 0.227. The summed E-state index contributed by atoms with van der Waals surface area (Å²) >= 11 is 0. The van der Waals surface area contributed by atoms with Crippen LogP contribution in [0.4, 0.5) is 5.95 Å². The van der Waals surface area contributed by atoms with Gasteiger partial charge in [-0.1, -0.05) is 0 Å². The molecular weight excluding hydrogens is 196 g/mol. The van der Waals surface area contributed by atoms with Crippen LogP contribution in [0, 0.1) is 5.92 Å². The summed E-state index contributed by atoms with van der Waals surface area (Å²) in [4.78, 5) is 3.88. The van der Waals surface area contributed by atoms with Crippen LogP contribution in [0.2, 0.25) is 0 Å². The maximum Gasteiger partial charge on any atom is 0.239 e. The fourth-order valence-corrected chi connectivity index (χ4v) is 2.31. The quantitative estimate of drug-likeness (QED) is 0.723. The lowest BCUT2D eigenvalue weighted by Gasteiger charge is -2.11. The van der Waals surface area contributed by atoms with Crippen LogP contribution in [-0.2, 0) is 16.0 Å². The highest BCUT2D eigenvalue weighted by Gasteiger charge is 2.39. The third kappa shape index (κ3) is 1.70. The molecule has 2 N–H and O–H groups in total. The minimum Gasteiger partial charge on any atom is -0.378 e. The fraction of sp³-hybridized carbons (Fsp3) is 0.778. The molecule has 2 fully saturated rings. The Hall–Kier alpha value is -1.14. The van der Waals surface area contributed by atoms with Gasteiger partial charge in [-0.3, -0.25) is 0 Å². The van der Waals surface area contributed by atoms with Gasteiger partial charge >= 0.3 is 0 Å². The molecule has 0 spiro atoms. The highest BCUT2D eigenvalue weighted by atomic mass is 16.6. The van der Waals surface area contributed by atoms with Crippen molar-refractivity contribution in [2.24, 2.45) is 5.92 Å². The summed E-state index contributed by atoms with van der Waals surface area (Å²) in [5, 5.41) is 4.04. The second-order valence-electron chi connectivity index (χ2n) is 4.15. The summed E-state index contributed by atoms with van der Waals surface area (Å²) in [6.07, 6.45) is 3.20. The summed E-state index contributed by atoms with van der Waals surface area (Å²) in [7, 11) is 0. The summed E-state index contributed by atoms with van der Waals surface area (Å²) in [6, 6.07) is 0. The first kappa shape index (κ1) is 9.11. The van der Waals surface area contributed by atoms with E-state index in [0.717, 1.165) is 26.2 Å². The summed E-state index contributed by atoms with van der Waals surface area (Å²) < 4.78 is 12.9. The molecule has 2 aliphatic rings. The predicted molar refractivity (Wildman–Crippen MR) is 52.0 cm³/mol. The van der Waals surface area contributed by atoms with Crippen molar-refractivity contribution in [3.8, 4) is 0 Å². The molecule has 3 heterocycles. The highest BCUT2D eigenvalue weighted by Crippen LogP contribution is 2.31. The first-order valence-corrected chi connectivity index (χ1v) is 5.19. The summed E-state index contributed by atoms with van der Waals surface area (Å²) in [5.74, 6) is 0.882. The van der Waals surface area contributed by atoms with E-state index in [-0.39, 0.29) is 12.2 Å². The van der Waals surface area contributed by atoms with Crippen LogP contribution in [-0.4, -0.2) is 40.2 Å². The molecule has 3 atom stereocenters. The van der Waals surface area contributed by atoms with Gasteiger partial charge in [0.05, 0.1) is 32.0 Å². The smallest absolute Gasteiger partial charge is 0.239 e. The number of ether oxygens (including phenoxy) is 2. The molecule has 0 aromatic carbocycles. The van der Waals surface area contributed by atoms with Gasteiger partial charge in [0.2, 0.25) is 5.95 Å². The lowest BCUT2D eigenvalue weighted by atomic mass is 10.0. The maximum atomic E-state index is 5.84. The van der Waals surface area contributed by atoms with Gasteiger partial charge in [0, 0.05) is 5.92 Å². The molecule has 2 saturated heterocycles. The van der Waals surface area contributed by atoms with E-state index in [1.165, 1.54) is 0 Å². The Balaban J connectivity index is 1.61. The van der Waals surface area contributed by atoms with E-state index in [9.17, 15) is 0 Å². The Labute approximate surface area is 87.4 Å². The van der Waals surface area contributed by atoms with Crippen molar-refractivity contribution in [1.82, 2.24) is 14.8 Å². The maximum absolute atomic E-state index is 5.84. The first-order valence-electron chi connectivity index (χ1n) is 5.19. The van der Waals surface area contributed by atoms with E-state index < -0.39 is 0 Å². The van der Waals surface area contributed by atoms with Gasteiger partial charge in [-0.25, -0.2) is 9.67 Å². The van der Waals surface area contributed by atoms with Crippen molar-refractivity contribution in [2.45, 2.75) is 25.2 Å². The van der Waals surface area contributed by atoms with Crippen molar-refractivity contribution in [3.63, 3.8) is 0 Å². The van der Waals surface area contributed by atoms with Gasteiger partial charge in [0.1, 0.15) is 6.33 Å². The number of hydrogen-bond acceptors (Lipinski definition) is 5. The van der Waals surface area contributed by atoms with Crippen molar-refractivity contribution in [3.05, 3.63) is 6.33 Å². The average Bonchev–Trinajstić information content (AvgIpc) is 2.81. The lowest BCUT2D eigenvalue weighted by Crippen LogP contribution is -2.19. The number of nitrogens with zero attached hydrogens (tertiary/aromatic N) is 3. The van der Waals surface area contributed by atoms with Crippen LogP contribution in [0.1, 0.15) is 6.42 Å². The zero-order valence-corrected chi connectivity index (χ0v) is 8.37. The molecule has 82 valence electrons. The molecule has 0 bridgehead atoms. The Bertz CT molecular complexity index is 342. The molecule has 0 radical (unpaired) electrons. The lowest BCUT2D eigenvalue weighted by molar-refractivity contribution is 0.0110. The third-order valence-corrected chi connectivity index (χ3v) is 3.02. The van der Waals surface area contributed by atoms with Crippen LogP contribution in [0.25, 0.3) is 0 Å². The zero-order chi connectivity index (χ0) is 10.3. The molecule has 1 aromatic rings. The van der Waals surface area contributed by atoms with Gasteiger partial charge in [-0.05, 0) is 6.42 Å². The number of aromatic nitrogens is 3. The molecule has 2 aliphatic heterocycles. The molecule has 0 saturated carbocycles. The number of fused-ring (bicyclic) bond motifs is 1. The number of anilines is 1. The van der Waals surface area contributed by atoms with E-state index in [2.05, 4.69) is 10.1 Å². The van der Waals surface area contributed by atoms with Crippen LogP contribution < -0.4 is 5.73 Å². The van der Waals surface area contributed by atoms with E-state index in [4.69, 9.17) is 15.2 Å². The number of rotatable bonds is 2. The Kier molecular flexibility index (Phi) is 2.10. The Morgan fingerprint density at radius 2 is 2.47 bits per heavy atom. The Morgan fingerprint density at radius 3 is 3.20 bits per heavy atom. The minimum atomic E-state index is 0.227.